The number of rotatable bonds is 4. The molecule has 0 aliphatic carbocycles. The van der Waals surface area contributed by atoms with Crippen LogP contribution in [0.5, 0.6) is 5.75 Å². The fraction of sp³-hybridized carbons (Fsp3) is 0.429. The molecule has 0 spiro atoms. The van der Waals surface area contributed by atoms with Crippen LogP contribution in [-0.4, -0.2) is 35.0 Å². The van der Waals surface area contributed by atoms with E-state index in [0.717, 1.165) is 24.8 Å². The van der Waals surface area contributed by atoms with E-state index in [-0.39, 0.29) is 0 Å². The monoisotopic (exact) mass is 336 g/mol. The normalized spacial score (nSPS) is 14.8. The van der Waals surface area contributed by atoms with Crippen molar-refractivity contribution in [2.45, 2.75) is 19.4 Å². The van der Waals surface area contributed by atoms with E-state index in [2.05, 4.69) is 43.0 Å². The van der Waals surface area contributed by atoms with Crippen molar-refractivity contribution in [3.63, 3.8) is 0 Å². The van der Waals surface area contributed by atoms with Crippen LogP contribution in [0.3, 0.4) is 0 Å². The molecule has 1 aromatic carbocycles. The number of aromatic nitrogens is 3. The predicted octanol–water partition coefficient (Wildman–Crippen LogP) is 2.70. The number of hydrogen-bond acceptors (Lipinski definition) is 4. The van der Waals surface area contributed by atoms with E-state index in [0.29, 0.717) is 11.3 Å². The van der Waals surface area contributed by atoms with Crippen molar-refractivity contribution in [1.29, 1.82) is 0 Å². The molecule has 0 N–H and O–H groups in total. The maximum atomic E-state index is 5.18. The maximum Gasteiger partial charge on any atom is 0.225 e. The molecule has 1 aliphatic heterocycles. The van der Waals surface area contributed by atoms with Gasteiger partial charge >= 0.3 is 0 Å². The Bertz CT molecular complexity index is 575. The van der Waals surface area contributed by atoms with Crippen molar-refractivity contribution in [2.24, 2.45) is 0 Å². The van der Waals surface area contributed by atoms with Crippen LogP contribution in [0.25, 0.3) is 0 Å². The standard InChI is InChI=1S/C14H17BrN4O/c1-20-12-6-4-11(5-7-12)10-19-14(16-13(15)17-19)18-8-2-3-9-18/h4-7H,2-3,8-10H2,1H3. The molecule has 1 aliphatic rings. The van der Waals surface area contributed by atoms with Gasteiger partial charge in [-0.05, 0) is 46.5 Å². The van der Waals surface area contributed by atoms with E-state index in [1.807, 2.05) is 16.8 Å². The molecule has 0 amide bonds. The number of benzene rings is 1. The third-order valence-corrected chi connectivity index (χ3v) is 3.84. The lowest BCUT2D eigenvalue weighted by Gasteiger charge is -2.16. The fourth-order valence-electron chi connectivity index (χ4n) is 2.47. The van der Waals surface area contributed by atoms with Crippen molar-refractivity contribution in [2.75, 3.05) is 25.1 Å². The molecule has 0 bridgehead atoms. The first-order chi connectivity index (χ1) is 9.76. The molecule has 6 heteroatoms. The number of nitrogens with zero attached hydrogens (tertiary/aromatic N) is 4. The lowest BCUT2D eigenvalue weighted by atomic mass is 10.2. The molecule has 0 saturated carbocycles. The van der Waals surface area contributed by atoms with Gasteiger partial charge in [0.15, 0.2) is 0 Å². The first-order valence-corrected chi connectivity index (χ1v) is 7.54. The van der Waals surface area contributed by atoms with Crippen molar-refractivity contribution >= 4 is 21.9 Å². The van der Waals surface area contributed by atoms with Gasteiger partial charge < -0.3 is 9.64 Å². The first-order valence-electron chi connectivity index (χ1n) is 6.74. The lowest BCUT2D eigenvalue weighted by Crippen LogP contribution is -2.22. The zero-order valence-electron chi connectivity index (χ0n) is 11.4. The molecule has 0 unspecified atom stereocenters. The second-order valence-electron chi connectivity index (χ2n) is 4.88. The van der Waals surface area contributed by atoms with Gasteiger partial charge in [-0.2, -0.15) is 4.98 Å². The Morgan fingerprint density at radius 1 is 1.20 bits per heavy atom. The summed E-state index contributed by atoms with van der Waals surface area (Å²) in [6.07, 6.45) is 2.46. The van der Waals surface area contributed by atoms with Gasteiger partial charge in [0.05, 0.1) is 13.7 Å². The Balaban J connectivity index is 1.82. The molecule has 20 heavy (non-hydrogen) atoms. The van der Waals surface area contributed by atoms with Crippen LogP contribution in [0.4, 0.5) is 5.95 Å². The summed E-state index contributed by atoms with van der Waals surface area (Å²) < 4.78 is 7.78. The van der Waals surface area contributed by atoms with Crippen LogP contribution in [-0.2, 0) is 6.54 Å². The van der Waals surface area contributed by atoms with Gasteiger partial charge in [0.1, 0.15) is 5.75 Å². The average Bonchev–Trinajstić information content (AvgIpc) is 3.09. The largest absolute Gasteiger partial charge is 0.497 e. The van der Waals surface area contributed by atoms with Gasteiger partial charge in [-0.3, -0.25) is 0 Å². The minimum absolute atomic E-state index is 0.646. The summed E-state index contributed by atoms with van der Waals surface area (Å²) in [7, 11) is 1.68. The minimum atomic E-state index is 0.646. The SMILES string of the molecule is COc1ccc(Cn2nc(Br)nc2N2CCCC2)cc1. The highest BCUT2D eigenvalue weighted by Gasteiger charge is 2.19. The molecule has 1 fully saturated rings. The summed E-state index contributed by atoms with van der Waals surface area (Å²) >= 11 is 3.38. The van der Waals surface area contributed by atoms with Gasteiger partial charge in [0, 0.05) is 13.1 Å². The van der Waals surface area contributed by atoms with Gasteiger partial charge in [-0.15, -0.1) is 5.10 Å². The van der Waals surface area contributed by atoms with E-state index < -0.39 is 0 Å². The van der Waals surface area contributed by atoms with Crippen LogP contribution in [0.2, 0.25) is 0 Å². The Kier molecular flexibility index (Phi) is 3.91. The molecule has 0 atom stereocenters. The van der Waals surface area contributed by atoms with E-state index >= 15 is 0 Å². The van der Waals surface area contributed by atoms with E-state index in [1.54, 1.807) is 7.11 Å². The first kappa shape index (κ1) is 13.4. The third kappa shape index (κ3) is 2.80. The molecule has 3 rings (SSSR count). The van der Waals surface area contributed by atoms with Gasteiger partial charge in [-0.1, -0.05) is 12.1 Å². The molecule has 2 aromatic rings. The number of ether oxygens (including phenoxy) is 1. The van der Waals surface area contributed by atoms with Crippen LogP contribution >= 0.6 is 15.9 Å². The number of hydrogen-bond donors (Lipinski definition) is 0. The summed E-state index contributed by atoms with van der Waals surface area (Å²) in [5, 5.41) is 4.44. The second-order valence-corrected chi connectivity index (χ2v) is 5.59. The Morgan fingerprint density at radius 2 is 1.90 bits per heavy atom. The summed E-state index contributed by atoms with van der Waals surface area (Å²) in [5.74, 6) is 1.82. The molecular formula is C14H17BrN4O. The van der Waals surface area contributed by atoms with Crippen molar-refractivity contribution in [3.05, 3.63) is 34.6 Å². The summed E-state index contributed by atoms with van der Waals surface area (Å²) in [6.45, 7) is 2.84. The highest BCUT2D eigenvalue weighted by molar-refractivity contribution is 9.10. The Labute approximate surface area is 126 Å². The molecule has 2 heterocycles. The lowest BCUT2D eigenvalue weighted by molar-refractivity contribution is 0.414. The highest BCUT2D eigenvalue weighted by Crippen LogP contribution is 2.21. The smallest absolute Gasteiger partial charge is 0.225 e. The Morgan fingerprint density at radius 3 is 2.55 bits per heavy atom. The summed E-state index contributed by atoms with van der Waals surface area (Å²) in [6, 6.07) is 8.05. The van der Waals surface area contributed by atoms with Gasteiger partial charge in [0.2, 0.25) is 10.7 Å². The number of halogens is 1. The molecule has 1 aromatic heterocycles. The molecular weight excluding hydrogens is 320 g/mol. The molecule has 1 saturated heterocycles. The molecule has 106 valence electrons. The van der Waals surface area contributed by atoms with Crippen molar-refractivity contribution in [3.8, 4) is 5.75 Å². The van der Waals surface area contributed by atoms with E-state index in [9.17, 15) is 0 Å². The van der Waals surface area contributed by atoms with Crippen LogP contribution in [0.15, 0.2) is 29.0 Å². The van der Waals surface area contributed by atoms with E-state index in [1.165, 1.54) is 18.4 Å². The molecule has 5 nitrogen and oxygen atoms in total. The number of methoxy groups -OCH3 is 1. The zero-order valence-corrected chi connectivity index (χ0v) is 13.0. The predicted molar refractivity (Wildman–Crippen MR) is 81.3 cm³/mol. The minimum Gasteiger partial charge on any atom is -0.497 e. The Hall–Kier alpha value is -1.56. The van der Waals surface area contributed by atoms with Crippen LogP contribution in [0.1, 0.15) is 18.4 Å². The zero-order chi connectivity index (χ0) is 13.9. The van der Waals surface area contributed by atoms with Crippen molar-refractivity contribution < 1.29 is 4.74 Å². The quantitative estimate of drug-likeness (QED) is 0.860. The third-order valence-electron chi connectivity index (χ3n) is 3.51. The van der Waals surface area contributed by atoms with Crippen LogP contribution < -0.4 is 9.64 Å². The topological polar surface area (TPSA) is 43.2 Å². The van der Waals surface area contributed by atoms with Crippen molar-refractivity contribution in [1.82, 2.24) is 14.8 Å². The van der Waals surface area contributed by atoms with E-state index in [4.69, 9.17) is 4.74 Å². The highest BCUT2D eigenvalue weighted by atomic mass is 79.9. The fourth-order valence-corrected chi connectivity index (χ4v) is 2.82. The van der Waals surface area contributed by atoms with Crippen LogP contribution in [0, 0.1) is 0 Å². The summed E-state index contributed by atoms with van der Waals surface area (Å²) in [5.41, 5.74) is 1.18. The molecule has 0 radical (unpaired) electrons. The van der Waals surface area contributed by atoms with Gasteiger partial charge in [0.25, 0.3) is 0 Å². The summed E-state index contributed by atoms with van der Waals surface area (Å²) in [4.78, 5) is 6.79. The second kappa shape index (κ2) is 5.83. The number of anilines is 1. The van der Waals surface area contributed by atoms with Gasteiger partial charge in [-0.25, -0.2) is 4.68 Å². The maximum absolute atomic E-state index is 5.18. The average molecular weight is 337 g/mol.